The second kappa shape index (κ2) is 20.3. The largest absolute Gasteiger partial charge is 1.00 e. The first-order valence-corrected chi connectivity index (χ1v) is 9.92. The van der Waals surface area contributed by atoms with Gasteiger partial charge >= 0.3 is 22.4 Å². The zero-order valence-electron chi connectivity index (χ0n) is 10.8. The Bertz CT molecular complexity index is 194. The minimum atomic E-state index is -4.01. The summed E-state index contributed by atoms with van der Waals surface area (Å²) in [6, 6.07) is 5.72. The summed E-state index contributed by atoms with van der Waals surface area (Å²) >= 11 is -4.01. The quantitative estimate of drug-likeness (QED) is 0.222. The summed E-state index contributed by atoms with van der Waals surface area (Å²) in [4.78, 5) is 3.78. The molecule has 0 aliphatic carbocycles. The predicted molar refractivity (Wildman–Crippen MR) is 62.8 cm³/mol. The van der Waals surface area contributed by atoms with E-state index in [0.29, 0.717) is 7.92 Å². The smallest absolute Gasteiger partial charge is 0.427 e. The summed E-state index contributed by atoms with van der Waals surface area (Å²) in [5, 5.41) is 0. The van der Waals surface area contributed by atoms with Crippen LogP contribution in [0.2, 0.25) is 0 Å². The monoisotopic (exact) mass is 569 g/mol. The van der Waals surface area contributed by atoms with Crippen LogP contribution in [-0.2, 0) is 22.4 Å². The molecule has 0 aliphatic rings. The van der Waals surface area contributed by atoms with Gasteiger partial charge in [0.1, 0.15) is 0 Å². The van der Waals surface area contributed by atoms with Crippen LogP contribution in [0.3, 0.4) is 0 Å². The van der Waals surface area contributed by atoms with E-state index in [1.165, 1.54) is 18.5 Å². The van der Waals surface area contributed by atoms with E-state index in [4.69, 9.17) is 10.3 Å². The molecule has 0 bridgehead atoms. The molecule has 0 atom stereocenters. The number of hydrogen-bond donors (Lipinski definition) is 0. The van der Waals surface area contributed by atoms with E-state index in [0.717, 1.165) is 0 Å². The molecule has 0 aliphatic heterocycles. The van der Waals surface area contributed by atoms with Gasteiger partial charge in [0.2, 0.25) is 0 Å². The van der Waals surface area contributed by atoms with Crippen LogP contribution in [0.25, 0.3) is 0 Å². The minimum absolute atomic E-state index is 0. The molecular weight excluding hydrogens is 549 g/mol. The van der Waals surface area contributed by atoms with Gasteiger partial charge < -0.3 is 10.3 Å². The molecule has 0 saturated heterocycles. The Labute approximate surface area is 136 Å². The maximum Gasteiger partial charge on any atom is 1.00 e. The zero-order valence-corrected chi connectivity index (χ0v) is 16.0. The van der Waals surface area contributed by atoms with Crippen molar-refractivity contribution < 1.29 is 53.8 Å². The summed E-state index contributed by atoms with van der Waals surface area (Å²) < 4.78 is 25.7. The number of nitrogens with zero attached hydrogens (tertiary/aromatic N) is 1. The van der Waals surface area contributed by atoms with Crippen molar-refractivity contribution in [1.82, 2.24) is 4.98 Å². The van der Waals surface area contributed by atoms with Crippen molar-refractivity contribution in [2.24, 2.45) is 0 Å². The molecule has 4 nitrogen and oxygen atoms in total. The molecule has 0 N–H and O–H groups in total. The van der Waals surface area contributed by atoms with Crippen LogP contribution < -0.4 is 31.4 Å². The standard InChI is InChI=1S/C6H15P.C5H5N.Au.IO3/c1-4-7(5-2)6-3;1-2-4-6-5-3-1;;2-1(3)4/h4-6H2,1-3H3;1-5H;;/q;;+1;-1. The molecule has 110 valence electrons. The summed E-state index contributed by atoms with van der Waals surface area (Å²) in [6.07, 6.45) is 7.76. The maximum absolute atomic E-state index is 8.57. The molecule has 0 aromatic carbocycles. The van der Waals surface area contributed by atoms with Gasteiger partial charge in [0.25, 0.3) is 21.1 Å². The van der Waals surface area contributed by atoms with E-state index in [9.17, 15) is 0 Å². The molecule has 0 spiro atoms. The first kappa shape index (κ1) is 24.0. The fourth-order valence-electron chi connectivity index (χ4n) is 0.983. The molecule has 0 saturated carbocycles. The number of halogens is 1. The van der Waals surface area contributed by atoms with Gasteiger partial charge in [-0.05, 0) is 30.6 Å². The summed E-state index contributed by atoms with van der Waals surface area (Å²) in [5.41, 5.74) is 0. The Morgan fingerprint density at radius 1 is 0.889 bits per heavy atom. The van der Waals surface area contributed by atoms with Crippen molar-refractivity contribution >= 4 is 7.92 Å². The summed E-state index contributed by atoms with van der Waals surface area (Å²) in [5.74, 6) is 0. The van der Waals surface area contributed by atoms with Crippen LogP contribution in [0.1, 0.15) is 20.8 Å². The van der Waals surface area contributed by atoms with E-state index in [-0.39, 0.29) is 22.4 Å². The first-order chi connectivity index (χ1) is 8.08. The van der Waals surface area contributed by atoms with Gasteiger partial charge in [0.05, 0.1) is 0 Å². The third-order valence-electron chi connectivity index (χ3n) is 1.91. The third kappa shape index (κ3) is 25.7. The van der Waals surface area contributed by atoms with Crippen LogP contribution in [0.4, 0.5) is 0 Å². The van der Waals surface area contributed by atoms with Crippen LogP contribution in [0.15, 0.2) is 30.6 Å². The fraction of sp³-hybridized carbons (Fsp3) is 0.545. The van der Waals surface area contributed by atoms with Crippen molar-refractivity contribution in [3.05, 3.63) is 30.6 Å². The van der Waals surface area contributed by atoms with E-state index >= 15 is 0 Å². The predicted octanol–water partition coefficient (Wildman–Crippen LogP) is -2.96. The number of rotatable bonds is 3. The SMILES string of the molecule is CCP(CC)CC.[Au+].[O-][I+2]([O-])[O-].c1ccncc1. The normalized spacial score (nSPS) is 8.67. The second-order valence-corrected chi connectivity index (χ2v) is 7.15. The van der Waals surface area contributed by atoms with Crippen LogP contribution >= 0.6 is 7.92 Å². The molecule has 0 radical (unpaired) electrons. The molecule has 7 heteroatoms. The Kier molecular flexibility index (Phi) is 27.0. The molecule has 1 rings (SSSR count). The average molecular weight is 569 g/mol. The van der Waals surface area contributed by atoms with E-state index in [2.05, 4.69) is 25.8 Å². The Hall–Kier alpha value is 0.930. The van der Waals surface area contributed by atoms with Gasteiger partial charge in [-0.15, -0.1) is 7.92 Å². The Morgan fingerprint density at radius 2 is 1.22 bits per heavy atom. The number of aromatic nitrogens is 1. The van der Waals surface area contributed by atoms with Gasteiger partial charge in [-0.3, -0.25) is 4.98 Å². The third-order valence-corrected chi connectivity index (χ3v) is 4.59. The maximum atomic E-state index is 8.57. The van der Waals surface area contributed by atoms with Gasteiger partial charge in [-0.1, -0.05) is 26.8 Å². The molecule has 1 heterocycles. The van der Waals surface area contributed by atoms with Crippen molar-refractivity contribution in [1.29, 1.82) is 0 Å². The van der Waals surface area contributed by atoms with Crippen molar-refractivity contribution in [3.63, 3.8) is 0 Å². The Balaban J connectivity index is -0.000000189. The topological polar surface area (TPSA) is 82.1 Å². The van der Waals surface area contributed by atoms with Crippen molar-refractivity contribution in [2.45, 2.75) is 20.8 Å². The van der Waals surface area contributed by atoms with Gasteiger partial charge in [0.15, 0.2) is 0 Å². The van der Waals surface area contributed by atoms with E-state index in [1.54, 1.807) is 12.4 Å². The van der Waals surface area contributed by atoms with E-state index < -0.39 is 21.1 Å². The summed E-state index contributed by atoms with van der Waals surface area (Å²) in [6.45, 7) is 6.87. The van der Waals surface area contributed by atoms with Crippen LogP contribution in [0.5, 0.6) is 0 Å². The second-order valence-electron chi connectivity index (χ2n) is 2.83. The first-order valence-electron chi connectivity index (χ1n) is 5.38. The molecule has 1 aromatic heterocycles. The molecule has 0 unspecified atom stereocenters. The van der Waals surface area contributed by atoms with Crippen molar-refractivity contribution in [2.75, 3.05) is 18.5 Å². The molecule has 0 amide bonds. The van der Waals surface area contributed by atoms with Crippen molar-refractivity contribution in [3.8, 4) is 0 Å². The van der Waals surface area contributed by atoms with Gasteiger partial charge in [0, 0.05) is 12.4 Å². The Morgan fingerprint density at radius 3 is 1.28 bits per heavy atom. The molecular formula is C11H20AuINO3P. The minimum Gasteiger partial charge on any atom is -0.427 e. The zero-order chi connectivity index (χ0) is 13.5. The average Bonchev–Trinajstić information content (AvgIpc) is 2.34. The fourth-order valence-corrected chi connectivity index (χ4v) is 2.33. The van der Waals surface area contributed by atoms with Crippen LogP contribution in [-0.4, -0.2) is 23.5 Å². The molecule has 0 fully saturated rings. The van der Waals surface area contributed by atoms with Gasteiger partial charge in [-0.25, -0.2) is 0 Å². The van der Waals surface area contributed by atoms with E-state index in [1.807, 2.05) is 18.2 Å². The number of hydrogen-bond acceptors (Lipinski definition) is 4. The number of pyridine rings is 1. The van der Waals surface area contributed by atoms with Crippen LogP contribution in [0, 0.1) is 0 Å². The summed E-state index contributed by atoms with van der Waals surface area (Å²) in [7, 11) is 0.446. The van der Waals surface area contributed by atoms with Gasteiger partial charge in [-0.2, -0.15) is 0 Å². The molecule has 18 heavy (non-hydrogen) atoms. The molecule has 1 aromatic rings.